The summed E-state index contributed by atoms with van der Waals surface area (Å²) >= 11 is 5.67. The molecule has 1 fully saturated rings. The molecular weight excluding hydrogens is 490 g/mol. The topological polar surface area (TPSA) is 114 Å². The largest absolute Gasteiger partial charge is 0.459 e. The van der Waals surface area contributed by atoms with Gasteiger partial charge in [-0.3, -0.25) is 19.9 Å². The number of nitrogens with one attached hydrogen (secondary N) is 2. The third-order valence-electron chi connectivity index (χ3n) is 6.12. The van der Waals surface area contributed by atoms with E-state index < -0.39 is 4.92 Å². The second-order valence-corrected chi connectivity index (χ2v) is 8.88. The molecule has 1 aliphatic rings. The Labute approximate surface area is 218 Å². The Morgan fingerprint density at radius 3 is 2.51 bits per heavy atom. The number of hydrogen-bond donors (Lipinski definition) is 2. The molecule has 37 heavy (non-hydrogen) atoms. The molecule has 4 aromatic rings. The number of hydrogen-bond acceptors (Lipinski definition) is 6. The minimum absolute atomic E-state index is 0.0102. The number of carbonyl (C=O) groups excluding carboxylic acids is 1. The summed E-state index contributed by atoms with van der Waals surface area (Å²) in [6, 6.07) is 24.2. The van der Waals surface area contributed by atoms with Crippen molar-refractivity contribution in [2.24, 2.45) is 0 Å². The molecule has 1 aliphatic heterocycles. The molecule has 2 aromatic carbocycles. The van der Waals surface area contributed by atoms with Gasteiger partial charge in [0.1, 0.15) is 17.6 Å². The molecule has 0 bridgehead atoms. The first-order valence-electron chi connectivity index (χ1n) is 11.7. The molecule has 3 heterocycles. The highest BCUT2D eigenvalue weighted by Crippen LogP contribution is 2.40. The number of thiocarbonyl (C=S) groups is 1. The lowest BCUT2D eigenvalue weighted by Crippen LogP contribution is -2.32. The number of pyridine rings is 1. The minimum Gasteiger partial charge on any atom is -0.459 e. The van der Waals surface area contributed by atoms with Gasteiger partial charge in [-0.05, 0) is 60.7 Å². The summed E-state index contributed by atoms with van der Waals surface area (Å²) in [7, 11) is 0. The van der Waals surface area contributed by atoms with Crippen molar-refractivity contribution < 1.29 is 14.1 Å². The van der Waals surface area contributed by atoms with Crippen LogP contribution in [0, 0.1) is 10.1 Å². The molecule has 10 heteroatoms. The number of para-hydroxylation sites is 1. The van der Waals surface area contributed by atoms with Gasteiger partial charge in [0.15, 0.2) is 5.11 Å². The number of furan rings is 1. The predicted octanol–water partition coefficient (Wildman–Crippen LogP) is 5.25. The van der Waals surface area contributed by atoms with Crippen LogP contribution < -0.4 is 10.6 Å². The standard InChI is InChI=1S/C27H23N5O4S/c33-24(29-19-6-2-1-3-7-19)15-17-31-26(25(30-27(31)37)21-8-4-5-16-28-21)23-14-13-22(36-23)18-9-11-20(12-10-18)32(34)35/h1-14,16,25-26H,15,17H2,(H,29,33)(H,30,37)/t25-,26+/m1/s1. The van der Waals surface area contributed by atoms with E-state index in [1.807, 2.05) is 65.6 Å². The molecule has 186 valence electrons. The quantitative estimate of drug-likeness (QED) is 0.187. The average molecular weight is 514 g/mol. The Morgan fingerprint density at radius 1 is 1.05 bits per heavy atom. The molecule has 2 N–H and O–H groups in total. The first-order chi connectivity index (χ1) is 18.0. The maximum atomic E-state index is 12.6. The molecule has 5 rings (SSSR count). The monoisotopic (exact) mass is 513 g/mol. The van der Waals surface area contributed by atoms with Crippen molar-refractivity contribution in [1.82, 2.24) is 15.2 Å². The summed E-state index contributed by atoms with van der Waals surface area (Å²) < 4.78 is 6.25. The van der Waals surface area contributed by atoms with Gasteiger partial charge < -0.3 is 20.0 Å². The molecule has 0 spiro atoms. The molecule has 9 nitrogen and oxygen atoms in total. The van der Waals surface area contributed by atoms with E-state index in [4.69, 9.17) is 16.6 Å². The zero-order valence-electron chi connectivity index (χ0n) is 19.6. The maximum Gasteiger partial charge on any atom is 0.269 e. The summed E-state index contributed by atoms with van der Waals surface area (Å²) in [5.74, 6) is 1.09. The highest BCUT2D eigenvalue weighted by molar-refractivity contribution is 7.80. The van der Waals surface area contributed by atoms with E-state index in [1.54, 1.807) is 18.3 Å². The van der Waals surface area contributed by atoms with Gasteiger partial charge in [-0.1, -0.05) is 24.3 Å². The Bertz CT molecular complexity index is 1410. The van der Waals surface area contributed by atoms with E-state index in [0.29, 0.717) is 28.7 Å². The number of non-ortho nitro benzene ring substituents is 1. The normalized spacial score (nSPS) is 16.9. The van der Waals surface area contributed by atoms with Crippen LogP contribution >= 0.6 is 12.2 Å². The van der Waals surface area contributed by atoms with Crippen LogP contribution in [0.15, 0.2) is 95.5 Å². The maximum absolute atomic E-state index is 12.6. The van der Waals surface area contributed by atoms with Crippen molar-refractivity contribution in [2.75, 3.05) is 11.9 Å². The molecule has 2 atom stereocenters. The minimum atomic E-state index is -0.439. The van der Waals surface area contributed by atoms with Crippen LogP contribution in [0.3, 0.4) is 0 Å². The lowest BCUT2D eigenvalue weighted by atomic mass is 10.0. The third kappa shape index (κ3) is 5.34. The second-order valence-electron chi connectivity index (χ2n) is 8.49. The van der Waals surface area contributed by atoms with Gasteiger partial charge in [-0.25, -0.2) is 0 Å². The van der Waals surface area contributed by atoms with E-state index in [-0.39, 0.29) is 30.1 Å². The Balaban J connectivity index is 1.40. The average Bonchev–Trinajstić information content (AvgIpc) is 3.53. The van der Waals surface area contributed by atoms with Crippen LogP contribution in [0.4, 0.5) is 11.4 Å². The first-order valence-corrected chi connectivity index (χ1v) is 12.1. The van der Waals surface area contributed by atoms with Gasteiger partial charge in [0, 0.05) is 42.5 Å². The molecule has 0 saturated carbocycles. The van der Waals surface area contributed by atoms with Gasteiger partial charge in [0.25, 0.3) is 5.69 Å². The number of nitro groups is 1. The number of amides is 1. The Morgan fingerprint density at radius 2 is 1.81 bits per heavy atom. The van der Waals surface area contributed by atoms with Crippen molar-refractivity contribution in [3.05, 3.63) is 113 Å². The number of carbonyl (C=O) groups is 1. The highest BCUT2D eigenvalue weighted by atomic mass is 32.1. The fourth-order valence-electron chi connectivity index (χ4n) is 4.34. The number of nitrogens with zero attached hydrogens (tertiary/aromatic N) is 3. The van der Waals surface area contributed by atoms with E-state index in [1.165, 1.54) is 12.1 Å². The van der Waals surface area contributed by atoms with Gasteiger partial charge in [0.05, 0.1) is 16.7 Å². The van der Waals surface area contributed by atoms with Crippen LogP contribution in [0.25, 0.3) is 11.3 Å². The molecule has 1 amide bonds. The Kier molecular flexibility index (Phi) is 6.91. The molecule has 2 aromatic heterocycles. The van der Waals surface area contributed by atoms with Gasteiger partial charge in [-0.2, -0.15) is 0 Å². The van der Waals surface area contributed by atoms with Gasteiger partial charge in [0.2, 0.25) is 5.91 Å². The zero-order valence-corrected chi connectivity index (χ0v) is 20.4. The van der Waals surface area contributed by atoms with Crippen molar-refractivity contribution >= 4 is 34.6 Å². The van der Waals surface area contributed by atoms with Gasteiger partial charge >= 0.3 is 0 Å². The van der Waals surface area contributed by atoms with Crippen LogP contribution in [0.5, 0.6) is 0 Å². The summed E-state index contributed by atoms with van der Waals surface area (Å²) in [5.41, 5.74) is 2.25. The smallest absolute Gasteiger partial charge is 0.269 e. The summed E-state index contributed by atoms with van der Waals surface area (Å²) in [5, 5.41) is 17.7. The number of rotatable bonds is 8. The van der Waals surface area contributed by atoms with Gasteiger partial charge in [-0.15, -0.1) is 0 Å². The van der Waals surface area contributed by atoms with Crippen LogP contribution in [0.1, 0.15) is 30.0 Å². The van der Waals surface area contributed by atoms with E-state index >= 15 is 0 Å². The zero-order chi connectivity index (χ0) is 25.8. The summed E-state index contributed by atoms with van der Waals surface area (Å²) in [6.45, 7) is 0.367. The molecule has 0 unspecified atom stereocenters. The first kappa shape index (κ1) is 24.1. The molecule has 0 radical (unpaired) electrons. The predicted molar refractivity (Wildman–Crippen MR) is 143 cm³/mol. The Hall–Kier alpha value is -4.57. The van der Waals surface area contributed by atoms with Crippen LogP contribution in [-0.4, -0.2) is 32.4 Å². The van der Waals surface area contributed by atoms with Crippen molar-refractivity contribution in [2.45, 2.75) is 18.5 Å². The van der Waals surface area contributed by atoms with Crippen molar-refractivity contribution in [3.8, 4) is 11.3 Å². The SMILES string of the molecule is O=C(CCN1C(=S)N[C@H](c2ccccn2)[C@@H]1c1ccc(-c2ccc([N+](=O)[O-])cc2)o1)Nc1ccccc1. The fraction of sp³-hybridized carbons (Fsp3) is 0.148. The number of aromatic nitrogens is 1. The summed E-state index contributed by atoms with van der Waals surface area (Å²) in [6.07, 6.45) is 1.94. The number of anilines is 1. The molecule has 1 saturated heterocycles. The van der Waals surface area contributed by atoms with Crippen LogP contribution in [0.2, 0.25) is 0 Å². The van der Waals surface area contributed by atoms with E-state index in [0.717, 1.165) is 11.4 Å². The van der Waals surface area contributed by atoms with Crippen molar-refractivity contribution in [3.63, 3.8) is 0 Å². The van der Waals surface area contributed by atoms with E-state index in [9.17, 15) is 14.9 Å². The number of benzene rings is 2. The lowest BCUT2D eigenvalue weighted by Gasteiger charge is -2.25. The molecule has 0 aliphatic carbocycles. The molecular formula is C27H23N5O4S. The lowest BCUT2D eigenvalue weighted by molar-refractivity contribution is -0.384. The summed E-state index contributed by atoms with van der Waals surface area (Å²) in [4.78, 5) is 29.7. The highest BCUT2D eigenvalue weighted by Gasteiger charge is 2.41. The van der Waals surface area contributed by atoms with Crippen molar-refractivity contribution in [1.29, 1.82) is 0 Å². The third-order valence-corrected chi connectivity index (χ3v) is 6.47. The van der Waals surface area contributed by atoms with E-state index in [2.05, 4.69) is 15.6 Å². The number of nitro benzene ring substituents is 1. The fourth-order valence-corrected chi connectivity index (χ4v) is 4.67. The van der Waals surface area contributed by atoms with Crippen LogP contribution in [-0.2, 0) is 4.79 Å². The second kappa shape index (κ2) is 10.6.